The second-order valence-corrected chi connectivity index (χ2v) is 4.84. The van der Waals surface area contributed by atoms with E-state index in [1.807, 2.05) is 49.4 Å². The highest BCUT2D eigenvalue weighted by Gasteiger charge is 2.10. The van der Waals surface area contributed by atoms with Crippen LogP contribution in [0.2, 0.25) is 0 Å². The molecular formula is C14H12O2S. The summed E-state index contributed by atoms with van der Waals surface area (Å²) in [4.78, 5) is 12.9. The van der Waals surface area contributed by atoms with Crippen molar-refractivity contribution < 1.29 is 9.90 Å². The van der Waals surface area contributed by atoms with Crippen LogP contribution in [0.25, 0.3) is 0 Å². The Labute approximate surface area is 104 Å². The Morgan fingerprint density at radius 1 is 1.12 bits per heavy atom. The van der Waals surface area contributed by atoms with Crippen molar-refractivity contribution in [3.05, 3.63) is 59.7 Å². The molecule has 86 valence electrons. The Morgan fingerprint density at radius 2 is 1.82 bits per heavy atom. The fraction of sp³-hybridized carbons (Fsp3) is 0.0714. The SMILES string of the molecule is Cc1ccc(C(=O)O)c(Sc2ccccc2)c1. The number of hydrogen-bond donors (Lipinski definition) is 1. The lowest BCUT2D eigenvalue weighted by molar-refractivity contribution is 0.0693. The van der Waals surface area contributed by atoms with Crippen LogP contribution in [-0.2, 0) is 0 Å². The van der Waals surface area contributed by atoms with Gasteiger partial charge >= 0.3 is 5.97 Å². The molecule has 0 unspecified atom stereocenters. The number of carboxylic acid groups (broad SMARTS) is 1. The Morgan fingerprint density at radius 3 is 2.47 bits per heavy atom. The molecule has 2 nitrogen and oxygen atoms in total. The van der Waals surface area contributed by atoms with Crippen LogP contribution in [0.5, 0.6) is 0 Å². The van der Waals surface area contributed by atoms with Gasteiger partial charge in [-0.05, 0) is 36.8 Å². The molecule has 0 amide bonds. The molecule has 0 radical (unpaired) electrons. The molecular weight excluding hydrogens is 232 g/mol. The maximum Gasteiger partial charge on any atom is 0.336 e. The molecule has 0 saturated carbocycles. The first-order valence-electron chi connectivity index (χ1n) is 5.23. The summed E-state index contributed by atoms with van der Waals surface area (Å²) in [5.74, 6) is -0.886. The Hall–Kier alpha value is -1.74. The van der Waals surface area contributed by atoms with Crippen LogP contribution < -0.4 is 0 Å². The topological polar surface area (TPSA) is 37.3 Å². The average Bonchev–Trinajstić information content (AvgIpc) is 2.30. The van der Waals surface area contributed by atoms with Crippen molar-refractivity contribution >= 4 is 17.7 Å². The number of hydrogen-bond acceptors (Lipinski definition) is 2. The summed E-state index contributed by atoms with van der Waals surface area (Å²) in [6, 6.07) is 15.1. The zero-order chi connectivity index (χ0) is 12.3. The van der Waals surface area contributed by atoms with Gasteiger partial charge in [-0.2, -0.15) is 0 Å². The minimum absolute atomic E-state index is 0.351. The highest BCUT2D eigenvalue weighted by Crippen LogP contribution is 2.31. The fourth-order valence-electron chi connectivity index (χ4n) is 1.51. The standard InChI is InChI=1S/C14H12O2S/c1-10-7-8-12(14(15)16)13(9-10)17-11-5-3-2-4-6-11/h2-9H,1H3,(H,15,16). The number of benzene rings is 2. The summed E-state index contributed by atoms with van der Waals surface area (Å²) < 4.78 is 0. The van der Waals surface area contributed by atoms with E-state index in [1.54, 1.807) is 6.07 Å². The van der Waals surface area contributed by atoms with Crippen molar-refractivity contribution in [2.75, 3.05) is 0 Å². The van der Waals surface area contributed by atoms with Gasteiger partial charge in [0.15, 0.2) is 0 Å². The third-order valence-electron chi connectivity index (χ3n) is 2.34. The predicted octanol–water partition coefficient (Wildman–Crippen LogP) is 3.84. The lowest BCUT2D eigenvalue weighted by Gasteiger charge is -2.06. The van der Waals surface area contributed by atoms with E-state index in [4.69, 9.17) is 5.11 Å². The van der Waals surface area contributed by atoms with Crippen LogP contribution in [0.3, 0.4) is 0 Å². The molecule has 0 atom stereocenters. The molecule has 0 aliphatic rings. The summed E-state index contributed by atoms with van der Waals surface area (Å²) in [5, 5.41) is 9.12. The average molecular weight is 244 g/mol. The van der Waals surface area contributed by atoms with Crippen LogP contribution in [0, 0.1) is 6.92 Å². The van der Waals surface area contributed by atoms with E-state index in [9.17, 15) is 4.79 Å². The van der Waals surface area contributed by atoms with Gasteiger partial charge in [0.1, 0.15) is 0 Å². The molecule has 2 rings (SSSR count). The smallest absolute Gasteiger partial charge is 0.336 e. The van der Waals surface area contributed by atoms with Crippen LogP contribution in [0.4, 0.5) is 0 Å². The molecule has 0 saturated heterocycles. The molecule has 0 aromatic heterocycles. The minimum atomic E-state index is -0.886. The van der Waals surface area contributed by atoms with Crippen molar-refractivity contribution in [3.63, 3.8) is 0 Å². The van der Waals surface area contributed by atoms with Crippen LogP contribution in [0.15, 0.2) is 58.3 Å². The monoisotopic (exact) mass is 244 g/mol. The van der Waals surface area contributed by atoms with Crippen LogP contribution in [0.1, 0.15) is 15.9 Å². The maximum atomic E-state index is 11.1. The minimum Gasteiger partial charge on any atom is -0.478 e. The third kappa shape index (κ3) is 2.88. The van der Waals surface area contributed by atoms with Gasteiger partial charge in [-0.25, -0.2) is 4.79 Å². The van der Waals surface area contributed by atoms with Crippen molar-refractivity contribution in [3.8, 4) is 0 Å². The number of rotatable bonds is 3. The van der Waals surface area contributed by atoms with Crippen molar-refractivity contribution in [1.29, 1.82) is 0 Å². The molecule has 2 aromatic carbocycles. The summed E-state index contributed by atoms with van der Waals surface area (Å²) in [6.45, 7) is 1.96. The molecule has 0 spiro atoms. The molecule has 17 heavy (non-hydrogen) atoms. The Bertz CT molecular complexity index is 535. The molecule has 1 N–H and O–H groups in total. The number of aromatic carboxylic acids is 1. The van der Waals surface area contributed by atoms with Gasteiger partial charge in [0.25, 0.3) is 0 Å². The molecule has 0 bridgehead atoms. The van der Waals surface area contributed by atoms with E-state index in [2.05, 4.69) is 0 Å². The van der Waals surface area contributed by atoms with Crippen LogP contribution in [-0.4, -0.2) is 11.1 Å². The van der Waals surface area contributed by atoms with Gasteiger partial charge in [0, 0.05) is 9.79 Å². The number of carboxylic acids is 1. The predicted molar refractivity (Wildman–Crippen MR) is 68.7 cm³/mol. The molecule has 0 fully saturated rings. The third-order valence-corrected chi connectivity index (χ3v) is 3.40. The quantitative estimate of drug-likeness (QED) is 0.891. The van der Waals surface area contributed by atoms with E-state index in [1.165, 1.54) is 11.8 Å². The highest BCUT2D eigenvalue weighted by atomic mass is 32.2. The Balaban J connectivity index is 2.37. The first kappa shape index (κ1) is 11.7. The van der Waals surface area contributed by atoms with Gasteiger partial charge in [0.2, 0.25) is 0 Å². The number of carbonyl (C=O) groups is 1. The first-order chi connectivity index (χ1) is 8.16. The lowest BCUT2D eigenvalue weighted by atomic mass is 10.1. The lowest BCUT2D eigenvalue weighted by Crippen LogP contribution is -1.98. The first-order valence-corrected chi connectivity index (χ1v) is 6.05. The van der Waals surface area contributed by atoms with Gasteiger partial charge < -0.3 is 5.11 Å². The van der Waals surface area contributed by atoms with Crippen molar-refractivity contribution in [2.45, 2.75) is 16.7 Å². The van der Waals surface area contributed by atoms with E-state index < -0.39 is 5.97 Å². The van der Waals surface area contributed by atoms with Crippen molar-refractivity contribution in [1.82, 2.24) is 0 Å². The van der Waals surface area contributed by atoms with Gasteiger partial charge in [0.05, 0.1) is 5.56 Å². The molecule has 0 aliphatic heterocycles. The molecule has 0 heterocycles. The normalized spacial score (nSPS) is 10.2. The zero-order valence-electron chi connectivity index (χ0n) is 9.38. The molecule has 0 aliphatic carbocycles. The molecule has 2 aromatic rings. The van der Waals surface area contributed by atoms with Gasteiger partial charge in [-0.15, -0.1) is 0 Å². The maximum absolute atomic E-state index is 11.1. The summed E-state index contributed by atoms with van der Waals surface area (Å²) in [6.07, 6.45) is 0. The van der Waals surface area contributed by atoms with E-state index in [0.717, 1.165) is 15.4 Å². The van der Waals surface area contributed by atoms with E-state index in [0.29, 0.717) is 5.56 Å². The van der Waals surface area contributed by atoms with Crippen molar-refractivity contribution in [2.24, 2.45) is 0 Å². The molecule has 3 heteroatoms. The second kappa shape index (κ2) is 5.06. The zero-order valence-corrected chi connectivity index (χ0v) is 10.2. The highest BCUT2D eigenvalue weighted by molar-refractivity contribution is 7.99. The summed E-state index contributed by atoms with van der Waals surface area (Å²) >= 11 is 1.48. The summed E-state index contributed by atoms with van der Waals surface area (Å²) in [7, 11) is 0. The summed E-state index contributed by atoms with van der Waals surface area (Å²) in [5.41, 5.74) is 1.41. The van der Waals surface area contributed by atoms with Crippen LogP contribution >= 0.6 is 11.8 Å². The van der Waals surface area contributed by atoms with Gasteiger partial charge in [-0.3, -0.25) is 0 Å². The fourth-order valence-corrected chi connectivity index (χ4v) is 2.56. The second-order valence-electron chi connectivity index (χ2n) is 3.72. The van der Waals surface area contributed by atoms with Gasteiger partial charge in [-0.1, -0.05) is 36.0 Å². The Kier molecular flexibility index (Phi) is 3.49. The van der Waals surface area contributed by atoms with E-state index >= 15 is 0 Å². The number of aryl methyl sites for hydroxylation is 1. The largest absolute Gasteiger partial charge is 0.478 e. The van der Waals surface area contributed by atoms with E-state index in [-0.39, 0.29) is 0 Å².